The molecule has 0 aromatic carbocycles. The van der Waals surface area contributed by atoms with Crippen molar-refractivity contribution in [3.05, 3.63) is 6.20 Å². The molecular formula is C16H28N8. The molecule has 0 spiro atoms. The zero-order valence-electron chi connectivity index (χ0n) is 14.8. The lowest BCUT2D eigenvalue weighted by Gasteiger charge is -2.39. The van der Waals surface area contributed by atoms with E-state index in [1.807, 2.05) is 20.3 Å². The molecule has 8 heteroatoms. The molecule has 0 saturated carbocycles. The fourth-order valence-corrected chi connectivity index (χ4v) is 3.06. The first-order valence-corrected chi connectivity index (χ1v) is 8.58. The number of likely N-dealkylation sites (N-methyl/N-ethyl adjacent to an activating group) is 2. The van der Waals surface area contributed by atoms with Crippen molar-refractivity contribution in [1.29, 1.82) is 0 Å². The van der Waals surface area contributed by atoms with Crippen LogP contribution in [0.3, 0.4) is 0 Å². The number of nitrogens with zero attached hydrogens (tertiary/aromatic N) is 5. The predicted octanol–water partition coefficient (Wildman–Crippen LogP) is 0.574. The first kappa shape index (κ1) is 16.9. The summed E-state index contributed by atoms with van der Waals surface area (Å²) in [5.74, 6) is 1.75. The van der Waals surface area contributed by atoms with Gasteiger partial charge < -0.3 is 20.9 Å². The van der Waals surface area contributed by atoms with Crippen LogP contribution in [0.25, 0.3) is 11.2 Å². The number of fused-ring (bicyclic) bond motifs is 1. The first-order valence-electron chi connectivity index (χ1n) is 8.58. The van der Waals surface area contributed by atoms with Gasteiger partial charge in [0, 0.05) is 33.2 Å². The van der Waals surface area contributed by atoms with Crippen LogP contribution in [0.2, 0.25) is 0 Å². The van der Waals surface area contributed by atoms with Crippen LogP contribution < -0.4 is 20.9 Å². The second-order valence-corrected chi connectivity index (χ2v) is 7.00. The normalized spacial score (nSPS) is 17.4. The van der Waals surface area contributed by atoms with Gasteiger partial charge in [0.25, 0.3) is 0 Å². The number of hydrogen-bond acceptors (Lipinski definition) is 7. The zero-order valence-corrected chi connectivity index (χ0v) is 14.8. The van der Waals surface area contributed by atoms with Crippen molar-refractivity contribution in [1.82, 2.24) is 25.5 Å². The lowest BCUT2D eigenvalue weighted by atomic mass is 9.80. The molecule has 132 valence electrons. The molecule has 8 nitrogen and oxygen atoms in total. The number of H-pyrrole nitrogens is 1. The number of piperidine rings is 1. The van der Waals surface area contributed by atoms with E-state index in [9.17, 15) is 0 Å². The number of rotatable bonds is 6. The van der Waals surface area contributed by atoms with Gasteiger partial charge in [0.15, 0.2) is 17.0 Å². The van der Waals surface area contributed by atoms with Crippen LogP contribution in [-0.2, 0) is 0 Å². The van der Waals surface area contributed by atoms with E-state index < -0.39 is 0 Å². The molecule has 1 aliphatic rings. The molecule has 1 saturated heterocycles. The SMILES string of the molecule is CNCCN(C)c1n[nH]c2nc(N3CCC(C)(CN)CC3)cnc12. The van der Waals surface area contributed by atoms with E-state index in [1.54, 1.807) is 0 Å². The second kappa shape index (κ2) is 6.90. The summed E-state index contributed by atoms with van der Waals surface area (Å²) < 4.78 is 0. The quantitative estimate of drug-likeness (QED) is 0.711. The van der Waals surface area contributed by atoms with Crippen molar-refractivity contribution >= 4 is 22.8 Å². The molecule has 24 heavy (non-hydrogen) atoms. The average molecular weight is 332 g/mol. The van der Waals surface area contributed by atoms with Gasteiger partial charge in [-0.2, -0.15) is 5.10 Å². The minimum atomic E-state index is 0.255. The Labute approximate surface area is 142 Å². The molecule has 0 bridgehead atoms. The van der Waals surface area contributed by atoms with Gasteiger partial charge in [-0.15, -0.1) is 0 Å². The third-order valence-corrected chi connectivity index (χ3v) is 5.09. The first-order chi connectivity index (χ1) is 11.6. The van der Waals surface area contributed by atoms with E-state index in [0.29, 0.717) is 0 Å². The third kappa shape index (κ3) is 3.29. The molecule has 0 amide bonds. The van der Waals surface area contributed by atoms with Gasteiger partial charge in [-0.25, -0.2) is 9.97 Å². The Morgan fingerprint density at radius 2 is 2.17 bits per heavy atom. The Bertz CT molecular complexity index is 674. The summed E-state index contributed by atoms with van der Waals surface area (Å²) in [5.41, 5.74) is 7.71. The molecular weight excluding hydrogens is 304 g/mol. The summed E-state index contributed by atoms with van der Waals surface area (Å²) in [6, 6.07) is 0. The highest BCUT2D eigenvalue weighted by Gasteiger charge is 2.29. The fraction of sp³-hybridized carbons (Fsp3) is 0.688. The lowest BCUT2D eigenvalue weighted by Crippen LogP contribution is -2.42. The number of aromatic amines is 1. The van der Waals surface area contributed by atoms with Crippen LogP contribution in [0.1, 0.15) is 19.8 Å². The number of aromatic nitrogens is 4. The van der Waals surface area contributed by atoms with E-state index in [1.165, 1.54) is 0 Å². The van der Waals surface area contributed by atoms with Crippen molar-refractivity contribution in [2.45, 2.75) is 19.8 Å². The molecule has 1 aliphatic heterocycles. The Balaban J connectivity index is 1.76. The van der Waals surface area contributed by atoms with Crippen LogP contribution in [0.4, 0.5) is 11.6 Å². The molecule has 3 heterocycles. The molecule has 1 fully saturated rings. The van der Waals surface area contributed by atoms with Crippen LogP contribution >= 0.6 is 0 Å². The summed E-state index contributed by atoms with van der Waals surface area (Å²) in [5, 5.41) is 10.5. The minimum absolute atomic E-state index is 0.255. The van der Waals surface area contributed by atoms with Crippen molar-refractivity contribution < 1.29 is 0 Å². The Kier molecular flexibility index (Phi) is 4.86. The minimum Gasteiger partial charge on any atom is -0.355 e. The molecule has 0 aliphatic carbocycles. The van der Waals surface area contributed by atoms with Crippen molar-refractivity contribution in [3.63, 3.8) is 0 Å². The van der Waals surface area contributed by atoms with Crippen LogP contribution in [0.15, 0.2) is 6.20 Å². The molecule has 0 atom stereocenters. The van der Waals surface area contributed by atoms with E-state index in [4.69, 9.17) is 10.7 Å². The molecule has 3 rings (SSSR count). The van der Waals surface area contributed by atoms with E-state index in [2.05, 4.69) is 37.2 Å². The van der Waals surface area contributed by atoms with E-state index in [0.717, 1.165) is 68.4 Å². The van der Waals surface area contributed by atoms with Crippen molar-refractivity contribution in [2.24, 2.45) is 11.1 Å². The maximum atomic E-state index is 5.89. The highest BCUT2D eigenvalue weighted by atomic mass is 15.3. The van der Waals surface area contributed by atoms with E-state index >= 15 is 0 Å². The Morgan fingerprint density at radius 1 is 1.42 bits per heavy atom. The standard InChI is InChI=1S/C16H28N8/c1-16(11-17)4-7-24(8-5-16)12-10-19-13-14(20-12)21-22-15(13)23(3)9-6-18-2/h10,18H,4-9,11,17H2,1-3H3,(H,20,21,22). The van der Waals surface area contributed by atoms with Gasteiger partial charge in [0.2, 0.25) is 0 Å². The molecule has 0 radical (unpaired) electrons. The fourth-order valence-electron chi connectivity index (χ4n) is 3.06. The Hall–Kier alpha value is -1.93. The maximum absolute atomic E-state index is 5.89. The molecule has 0 unspecified atom stereocenters. The topological polar surface area (TPSA) is 99.0 Å². The third-order valence-electron chi connectivity index (χ3n) is 5.09. The monoisotopic (exact) mass is 332 g/mol. The average Bonchev–Trinajstić information content (AvgIpc) is 3.03. The summed E-state index contributed by atoms with van der Waals surface area (Å²) in [6.45, 7) is 6.71. The smallest absolute Gasteiger partial charge is 0.178 e. The molecule has 2 aromatic rings. The van der Waals surface area contributed by atoms with Crippen LogP contribution in [-0.4, -0.2) is 67.0 Å². The van der Waals surface area contributed by atoms with E-state index in [-0.39, 0.29) is 5.41 Å². The molecule has 4 N–H and O–H groups in total. The van der Waals surface area contributed by atoms with Gasteiger partial charge in [0.05, 0.1) is 6.20 Å². The van der Waals surface area contributed by atoms with Gasteiger partial charge in [-0.1, -0.05) is 6.92 Å². The highest BCUT2D eigenvalue weighted by Crippen LogP contribution is 2.31. The number of hydrogen-bond donors (Lipinski definition) is 3. The summed E-state index contributed by atoms with van der Waals surface area (Å²) in [7, 11) is 3.96. The number of nitrogens with two attached hydrogens (primary N) is 1. The van der Waals surface area contributed by atoms with Crippen molar-refractivity contribution in [2.75, 3.05) is 56.6 Å². The molecule has 2 aromatic heterocycles. The largest absolute Gasteiger partial charge is 0.355 e. The Morgan fingerprint density at radius 3 is 2.83 bits per heavy atom. The van der Waals surface area contributed by atoms with Crippen LogP contribution in [0.5, 0.6) is 0 Å². The van der Waals surface area contributed by atoms with Crippen molar-refractivity contribution in [3.8, 4) is 0 Å². The van der Waals surface area contributed by atoms with Gasteiger partial charge >= 0.3 is 0 Å². The second-order valence-electron chi connectivity index (χ2n) is 7.00. The van der Waals surface area contributed by atoms with Gasteiger partial charge in [-0.3, -0.25) is 5.10 Å². The number of nitrogens with one attached hydrogen (secondary N) is 2. The van der Waals surface area contributed by atoms with Gasteiger partial charge in [-0.05, 0) is 31.8 Å². The predicted molar refractivity (Wildman–Crippen MR) is 97.5 cm³/mol. The summed E-state index contributed by atoms with van der Waals surface area (Å²) in [4.78, 5) is 13.7. The summed E-state index contributed by atoms with van der Waals surface area (Å²) >= 11 is 0. The zero-order chi connectivity index (χ0) is 17.2. The highest BCUT2D eigenvalue weighted by molar-refractivity contribution is 5.84. The maximum Gasteiger partial charge on any atom is 0.178 e. The van der Waals surface area contributed by atoms with Crippen LogP contribution in [0, 0.1) is 5.41 Å². The lowest BCUT2D eigenvalue weighted by molar-refractivity contribution is 0.258. The van der Waals surface area contributed by atoms with Gasteiger partial charge in [0.1, 0.15) is 5.82 Å². The summed E-state index contributed by atoms with van der Waals surface area (Å²) in [6.07, 6.45) is 4.03. The number of anilines is 2.